The van der Waals surface area contributed by atoms with Gasteiger partial charge in [-0.2, -0.15) is 0 Å². The van der Waals surface area contributed by atoms with Gasteiger partial charge in [0.2, 0.25) is 11.8 Å². The first kappa shape index (κ1) is 20.5. The molecule has 2 aliphatic heterocycles. The van der Waals surface area contributed by atoms with Crippen molar-refractivity contribution < 1.29 is 19.1 Å². The minimum absolute atomic E-state index is 0.0391. The van der Waals surface area contributed by atoms with E-state index in [-0.39, 0.29) is 24.2 Å². The Balaban J connectivity index is 1.56. The summed E-state index contributed by atoms with van der Waals surface area (Å²) >= 11 is 0. The summed E-state index contributed by atoms with van der Waals surface area (Å²) in [6.45, 7) is 11.4. The van der Waals surface area contributed by atoms with Gasteiger partial charge in [-0.1, -0.05) is 0 Å². The molecular formula is C21H31N3O4. The molecule has 1 aromatic rings. The highest BCUT2D eigenvalue weighted by Crippen LogP contribution is 2.35. The zero-order valence-electron chi connectivity index (χ0n) is 17.2. The summed E-state index contributed by atoms with van der Waals surface area (Å²) < 4.78 is 11.1. The number of anilines is 1. The van der Waals surface area contributed by atoms with Crippen molar-refractivity contribution >= 4 is 17.5 Å². The van der Waals surface area contributed by atoms with E-state index in [0.717, 1.165) is 12.2 Å². The van der Waals surface area contributed by atoms with Crippen LogP contribution in [0, 0.1) is 5.92 Å². The van der Waals surface area contributed by atoms with Crippen LogP contribution in [0.5, 0.6) is 11.5 Å². The SMILES string of the molecule is CC(C)N(CCNC(=O)[C@H]1CC(=O)N(c2ccc3c(c2)OCCO3)C1)C(C)C. The van der Waals surface area contributed by atoms with Crippen molar-refractivity contribution in [1.82, 2.24) is 10.2 Å². The molecule has 1 saturated heterocycles. The highest BCUT2D eigenvalue weighted by molar-refractivity contribution is 6.00. The monoisotopic (exact) mass is 389 g/mol. The van der Waals surface area contributed by atoms with Crippen LogP contribution in [0.4, 0.5) is 5.69 Å². The van der Waals surface area contributed by atoms with Gasteiger partial charge < -0.3 is 19.7 Å². The van der Waals surface area contributed by atoms with Crippen molar-refractivity contribution in [3.8, 4) is 11.5 Å². The summed E-state index contributed by atoms with van der Waals surface area (Å²) in [6, 6.07) is 6.33. The maximum Gasteiger partial charge on any atom is 0.227 e. The lowest BCUT2D eigenvalue weighted by molar-refractivity contribution is -0.126. The predicted molar refractivity (Wildman–Crippen MR) is 108 cm³/mol. The molecular weight excluding hydrogens is 358 g/mol. The molecule has 3 rings (SSSR count). The summed E-state index contributed by atoms with van der Waals surface area (Å²) in [4.78, 5) is 29.1. The van der Waals surface area contributed by atoms with Crippen LogP contribution >= 0.6 is 0 Å². The number of amides is 2. The van der Waals surface area contributed by atoms with E-state index in [1.165, 1.54) is 0 Å². The summed E-state index contributed by atoms with van der Waals surface area (Å²) in [7, 11) is 0. The summed E-state index contributed by atoms with van der Waals surface area (Å²) in [5.74, 6) is 0.915. The van der Waals surface area contributed by atoms with Gasteiger partial charge in [0.1, 0.15) is 13.2 Å². The van der Waals surface area contributed by atoms with Crippen molar-refractivity contribution in [2.45, 2.75) is 46.2 Å². The molecule has 7 nitrogen and oxygen atoms in total. The first-order valence-corrected chi connectivity index (χ1v) is 10.1. The standard InChI is InChI=1S/C21H31N3O4/c1-14(2)23(15(3)4)8-7-22-21(26)16-11-20(25)24(13-16)17-5-6-18-19(12-17)28-10-9-27-18/h5-6,12,14-16H,7-11,13H2,1-4H3,(H,22,26)/t16-/m0/s1. The largest absolute Gasteiger partial charge is 0.486 e. The highest BCUT2D eigenvalue weighted by atomic mass is 16.6. The van der Waals surface area contributed by atoms with Crippen LogP contribution in [0.25, 0.3) is 0 Å². The first-order chi connectivity index (χ1) is 13.4. The first-order valence-electron chi connectivity index (χ1n) is 10.1. The third-order valence-corrected chi connectivity index (χ3v) is 5.33. The number of nitrogens with one attached hydrogen (secondary N) is 1. The van der Waals surface area contributed by atoms with Crippen LogP contribution < -0.4 is 19.7 Å². The van der Waals surface area contributed by atoms with Gasteiger partial charge in [0.05, 0.1) is 5.92 Å². The molecule has 2 amide bonds. The zero-order chi connectivity index (χ0) is 20.3. The van der Waals surface area contributed by atoms with E-state index in [4.69, 9.17) is 9.47 Å². The second kappa shape index (κ2) is 8.82. The van der Waals surface area contributed by atoms with Gasteiger partial charge in [-0.15, -0.1) is 0 Å². The number of ether oxygens (including phenoxy) is 2. The normalized spacial score (nSPS) is 19.0. The number of hydrogen-bond acceptors (Lipinski definition) is 5. The Morgan fingerprint density at radius 1 is 1.18 bits per heavy atom. The maximum atomic E-state index is 12.6. The Hall–Kier alpha value is -2.28. The molecule has 0 spiro atoms. The minimum Gasteiger partial charge on any atom is -0.486 e. The summed E-state index contributed by atoms with van der Waals surface area (Å²) in [5.41, 5.74) is 0.746. The Morgan fingerprint density at radius 3 is 2.54 bits per heavy atom. The van der Waals surface area contributed by atoms with E-state index in [0.29, 0.717) is 49.9 Å². The van der Waals surface area contributed by atoms with Crippen LogP contribution in [-0.4, -0.2) is 61.6 Å². The fourth-order valence-electron chi connectivity index (χ4n) is 3.90. The van der Waals surface area contributed by atoms with Gasteiger partial charge >= 0.3 is 0 Å². The smallest absolute Gasteiger partial charge is 0.227 e. The van der Waals surface area contributed by atoms with E-state index < -0.39 is 0 Å². The fourth-order valence-corrected chi connectivity index (χ4v) is 3.90. The number of carbonyl (C=O) groups is 2. The lowest BCUT2D eigenvalue weighted by Crippen LogP contribution is -2.43. The highest BCUT2D eigenvalue weighted by Gasteiger charge is 2.35. The minimum atomic E-state index is -0.327. The molecule has 2 aliphatic rings. The number of benzene rings is 1. The molecule has 0 saturated carbocycles. The van der Waals surface area contributed by atoms with E-state index in [1.807, 2.05) is 18.2 Å². The molecule has 0 aromatic heterocycles. The molecule has 2 heterocycles. The molecule has 1 aromatic carbocycles. The van der Waals surface area contributed by atoms with Crippen LogP contribution in [0.3, 0.4) is 0 Å². The van der Waals surface area contributed by atoms with Gasteiger partial charge in [0.15, 0.2) is 11.5 Å². The van der Waals surface area contributed by atoms with Crippen molar-refractivity contribution in [1.29, 1.82) is 0 Å². The zero-order valence-corrected chi connectivity index (χ0v) is 17.2. The average Bonchev–Trinajstić information content (AvgIpc) is 3.05. The van der Waals surface area contributed by atoms with Crippen molar-refractivity contribution in [3.05, 3.63) is 18.2 Å². The molecule has 0 aliphatic carbocycles. The molecule has 154 valence electrons. The molecule has 7 heteroatoms. The quantitative estimate of drug-likeness (QED) is 0.773. The van der Waals surface area contributed by atoms with Crippen LogP contribution in [0.1, 0.15) is 34.1 Å². The van der Waals surface area contributed by atoms with E-state index in [2.05, 4.69) is 37.9 Å². The van der Waals surface area contributed by atoms with Crippen LogP contribution in [-0.2, 0) is 9.59 Å². The maximum absolute atomic E-state index is 12.6. The molecule has 28 heavy (non-hydrogen) atoms. The Bertz CT molecular complexity index is 712. The fraction of sp³-hybridized carbons (Fsp3) is 0.619. The van der Waals surface area contributed by atoms with Crippen LogP contribution in [0.2, 0.25) is 0 Å². The Kier molecular flexibility index (Phi) is 6.44. The van der Waals surface area contributed by atoms with E-state index in [1.54, 1.807) is 4.90 Å². The average molecular weight is 389 g/mol. The molecule has 1 fully saturated rings. The lowest BCUT2D eigenvalue weighted by Gasteiger charge is -2.30. The van der Waals surface area contributed by atoms with E-state index >= 15 is 0 Å². The third kappa shape index (κ3) is 4.58. The van der Waals surface area contributed by atoms with Gasteiger partial charge in [0, 0.05) is 49.9 Å². The summed E-state index contributed by atoms with van der Waals surface area (Å²) in [5, 5.41) is 3.00. The van der Waals surface area contributed by atoms with Crippen molar-refractivity contribution in [2.24, 2.45) is 5.92 Å². The third-order valence-electron chi connectivity index (χ3n) is 5.33. The second-order valence-corrected chi connectivity index (χ2v) is 7.95. The molecule has 0 bridgehead atoms. The van der Waals surface area contributed by atoms with E-state index in [9.17, 15) is 9.59 Å². The summed E-state index contributed by atoms with van der Waals surface area (Å²) in [6.07, 6.45) is 0.234. The number of nitrogens with zero attached hydrogens (tertiary/aromatic N) is 2. The van der Waals surface area contributed by atoms with Gasteiger partial charge in [-0.25, -0.2) is 0 Å². The molecule has 0 radical (unpaired) electrons. The lowest BCUT2D eigenvalue weighted by atomic mass is 10.1. The molecule has 0 unspecified atom stereocenters. The number of fused-ring (bicyclic) bond motifs is 1. The van der Waals surface area contributed by atoms with Gasteiger partial charge in [0.25, 0.3) is 0 Å². The second-order valence-electron chi connectivity index (χ2n) is 7.95. The number of hydrogen-bond donors (Lipinski definition) is 1. The van der Waals surface area contributed by atoms with Crippen molar-refractivity contribution in [2.75, 3.05) is 37.7 Å². The number of carbonyl (C=O) groups excluding carboxylic acids is 2. The number of rotatable bonds is 7. The molecule has 1 atom stereocenters. The predicted octanol–water partition coefficient (Wildman–Crippen LogP) is 2.05. The van der Waals surface area contributed by atoms with Crippen LogP contribution in [0.15, 0.2) is 18.2 Å². The van der Waals surface area contributed by atoms with Crippen molar-refractivity contribution in [3.63, 3.8) is 0 Å². The topological polar surface area (TPSA) is 71.1 Å². The molecule has 1 N–H and O–H groups in total. The Morgan fingerprint density at radius 2 is 1.86 bits per heavy atom. The Labute approximate surface area is 167 Å². The van der Waals surface area contributed by atoms with Gasteiger partial charge in [-0.05, 0) is 39.8 Å². The van der Waals surface area contributed by atoms with Gasteiger partial charge in [-0.3, -0.25) is 14.5 Å².